The standard InChI is InChI=1S/C10H15NOS/c11-8-10(13-7-6-12)9-4-2-1-3-5-9/h1-5,10,12H,6-8,11H2. The van der Waals surface area contributed by atoms with Gasteiger partial charge >= 0.3 is 0 Å². The molecule has 1 aromatic carbocycles. The van der Waals surface area contributed by atoms with E-state index in [9.17, 15) is 0 Å². The molecule has 0 aliphatic rings. The first kappa shape index (κ1) is 10.6. The third-order valence-electron chi connectivity index (χ3n) is 1.80. The highest BCUT2D eigenvalue weighted by Crippen LogP contribution is 2.26. The lowest BCUT2D eigenvalue weighted by Gasteiger charge is -2.13. The summed E-state index contributed by atoms with van der Waals surface area (Å²) >= 11 is 1.70. The Morgan fingerprint density at radius 2 is 2.00 bits per heavy atom. The van der Waals surface area contributed by atoms with Crippen molar-refractivity contribution in [1.29, 1.82) is 0 Å². The van der Waals surface area contributed by atoms with Gasteiger partial charge in [0.1, 0.15) is 0 Å². The Morgan fingerprint density at radius 3 is 2.54 bits per heavy atom. The summed E-state index contributed by atoms with van der Waals surface area (Å²) in [5.41, 5.74) is 6.88. The van der Waals surface area contributed by atoms with Crippen LogP contribution in [0.2, 0.25) is 0 Å². The molecule has 0 heterocycles. The number of benzene rings is 1. The number of hydrogen-bond acceptors (Lipinski definition) is 3. The molecule has 0 aliphatic heterocycles. The lowest BCUT2D eigenvalue weighted by atomic mass is 10.1. The van der Waals surface area contributed by atoms with Gasteiger partial charge in [0, 0.05) is 17.5 Å². The van der Waals surface area contributed by atoms with E-state index in [-0.39, 0.29) is 6.61 Å². The second-order valence-corrected chi connectivity index (χ2v) is 4.04. The van der Waals surface area contributed by atoms with E-state index in [1.807, 2.05) is 18.2 Å². The fraction of sp³-hybridized carbons (Fsp3) is 0.400. The summed E-state index contributed by atoms with van der Waals surface area (Å²) < 4.78 is 0. The Balaban J connectivity index is 2.56. The predicted molar refractivity (Wildman–Crippen MR) is 57.8 cm³/mol. The first-order valence-corrected chi connectivity index (χ1v) is 5.41. The summed E-state index contributed by atoms with van der Waals surface area (Å²) in [4.78, 5) is 0. The normalized spacial score (nSPS) is 12.8. The molecule has 3 heteroatoms. The van der Waals surface area contributed by atoms with Crippen molar-refractivity contribution in [2.75, 3.05) is 18.9 Å². The number of nitrogens with two attached hydrogens (primary N) is 1. The van der Waals surface area contributed by atoms with Gasteiger partial charge in [0.15, 0.2) is 0 Å². The zero-order valence-corrected chi connectivity index (χ0v) is 8.33. The number of aliphatic hydroxyl groups is 1. The number of hydrogen-bond donors (Lipinski definition) is 2. The number of thioether (sulfide) groups is 1. The van der Waals surface area contributed by atoms with Crippen LogP contribution in [0.25, 0.3) is 0 Å². The molecule has 0 fully saturated rings. The number of rotatable bonds is 5. The zero-order chi connectivity index (χ0) is 9.52. The first-order chi connectivity index (χ1) is 6.38. The van der Waals surface area contributed by atoms with Gasteiger partial charge in [0.2, 0.25) is 0 Å². The third-order valence-corrected chi connectivity index (χ3v) is 3.08. The minimum absolute atomic E-state index is 0.216. The summed E-state index contributed by atoms with van der Waals surface area (Å²) in [6.07, 6.45) is 0. The largest absolute Gasteiger partial charge is 0.396 e. The molecule has 3 N–H and O–H groups in total. The van der Waals surface area contributed by atoms with Crippen molar-refractivity contribution in [2.45, 2.75) is 5.25 Å². The highest BCUT2D eigenvalue weighted by Gasteiger charge is 2.08. The average Bonchev–Trinajstić information content (AvgIpc) is 2.21. The molecule has 0 saturated carbocycles. The third kappa shape index (κ3) is 3.38. The molecule has 0 amide bonds. The molecule has 13 heavy (non-hydrogen) atoms. The van der Waals surface area contributed by atoms with Gasteiger partial charge in [0.05, 0.1) is 6.61 Å². The van der Waals surface area contributed by atoms with Gasteiger partial charge in [-0.25, -0.2) is 0 Å². The molecule has 0 spiro atoms. The lowest BCUT2D eigenvalue weighted by Crippen LogP contribution is -2.10. The number of aliphatic hydroxyl groups excluding tert-OH is 1. The van der Waals surface area contributed by atoms with Crippen LogP contribution >= 0.6 is 11.8 Å². The second-order valence-electron chi connectivity index (χ2n) is 2.73. The molecule has 72 valence electrons. The summed E-state index contributed by atoms with van der Waals surface area (Å²) in [5, 5.41) is 9.01. The minimum atomic E-state index is 0.216. The Morgan fingerprint density at radius 1 is 1.31 bits per heavy atom. The molecule has 1 unspecified atom stereocenters. The molecule has 0 bridgehead atoms. The van der Waals surface area contributed by atoms with Gasteiger partial charge in [-0.1, -0.05) is 30.3 Å². The summed E-state index contributed by atoms with van der Waals surface area (Å²) in [5.74, 6) is 0.747. The van der Waals surface area contributed by atoms with Crippen molar-refractivity contribution in [3.8, 4) is 0 Å². The summed E-state index contributed by atoms with van der Waals surface area (Å²) in [6.45, 7) is 0.836. The molecule has 1 aromatic rings. The van der Waals surface area contributed by atoms with E-state index in [1.165, 1.54) is 5.56 Å². The van der Waals surface area contributed by atoms with Gasteiger partial charge in [-0.05, 0) is 5.56 Å². The van der Waals surface area contributed by atoms with E-state index in [4.69, 9.17) is 10.8 Å². The second kappa shape index (κ2) is 6.02. The van der Waals surface area contributed by atoms with Gasteiger partial charge in [-0.2, -0.15) is 11.8 Å². The van der Waals surface area contributed by atoms with E-state index in [2.05, 4.69) is 12.1 Å². The van der Waals surface area contributed by atoms with E-state index >= 15 is 0 Å². The first-order valence-electron chi connectivity index (χ1n) is 4.36. The van der Waals surface area contributed by atoms with Crippen LogP contribution in [0.3, 0.4) is 0 Å². The predicted octanol–water partition coefficient (Wildman–Crippen LogP) is 1.41. The monoisotopic (exact) mass is 197 g/mol. The topological polar surface area (TPSA) is 46.2 Å². The molecule has 2 nitrogen and oxygen atoms in total. The molecular weight excluding hydrogens is 182 g/mol. The molecule has 0 radical (unpaired) electrons. The maximum atomic E-state index is 8.70. The highest BCUT2D eigenvalue weighted by atomic mass is 32.2. The molecular formula is C10H15NOS. The average molecular weight is 197 g/mol. The van der Waals surface area contributed by atoms with Crippen molar-refractivity contribution < 1.29 is 5.11 Å². The Bertz CT molecular complexity index is 228. The smallest absolute Gasteiger partial charge is 0.0521 e. The van der Waals surface area contributed by atoms with Crippen molar-refractivity contribution in [3.63, 3.8) is 0 Å². The summed E-state index contributed by atoms with van der Waals surface area (Å²) in [7, 11) is 0. The highest BCUT2D eigenvalue weighted by molar-refractivity contribution is 7.99. The summed E-state index contributed by atoms with van der Waals surface area (Å²) in [6, 6.07) is 10.2. The van der Waals surface area contributed by atoms with Gasteiger partial charge in [-0.15, -0.1) is 0 Å². The Hall–Kier alpha value is -0.510. The zero-order valence-electron chi connectivity index (χ0n) is 7.52. The lowest BCUT2D eigenvalue weighted by molar-refractivity contribution is 0.322. The molecule has 0 aliphatic carbocycles. The molecule has 0 aromatic heterocycles. The Kier molecular flexibility index (Phi) is 4.90. The van der Waals surface area contributed by atoms with Crippen LogP contribution in [0.4, 0.5) is 0 Å². The molecule has 0 saturated heterocycles. The van der Waals surface area contributed by atoms with Crippen LogP contribution in [-0.2, 0) is 0 Å². The van der Waals surface area contributed by atoms with Crippen LogP contribution < -0.4 is 5.73 Å². The van der Waals surface area contributed by atoms with Crippen molar-refractivity contribution in [2.24, 2.45) is 5.73 Å². The van der Waals surface area contributed by atoms with Crippen LogP contribution in [0.1, 0.15) is 10.8 Å². The van der Waals surface area contributed by atoms with Crippen molar-refractivity contribution in [1.82, 2.24) is 0 Å². The van der Waals surface area contributed by atoms with Crippen LogP contribution in [-0.4, -0.2) is 24.0 Å². The van der Waals surface area contributed by atoms with E-state index in [0.717, 1.165) is 5.75 Å². The van der Waals surface area contributed by atoms with Gasteiger partial charge in [-0.3, -0.25) is 0 Å². The van der Waals surface area contributed by atoms with Gasteiger partial charge in [0.25, 0.3) is 0 Å². The molecule has 1 atom stereocenters. The van der Waals surface area contributed by atoms with E-state index < -0.39 is 0 Å². The molecule has 1 rings (SSSR count). The van der Waals surface area contributed by atoms with E-state index in [0.29, 0.717) is 11.8 Å². The van der Waals surface area contributed by atoms with E-state index in [1.54, 1.807) is 11.8 Å². The SMILES string of the molecule is NCC(SCCO)c1ccccc1. The fourth-order valence-electron chi connectivity index (χ4n) is 1.16. The van der Waals surface area contributed by atoms with Crippen LogP contribution in [0.15, 0.2) is 30.3 Å². The minimum Gasteiger partial charge on any atom is -0.396 e. The Labute approximate surface area is 83.1 Å². The maximum Gasteiger partial charge on any atom is 0.0521 e. The fourth-order valence-corrected chi connectivity index (χ4v) is 2.04. The maximum absolute atomic E-state index is 8.70. The van der Waals surface area contributed by atoms with Crippen LogP contribution in [0, 0.1) is 0 Å². The quantitative estimate of drug-likeness (QED) is 0.750. The van der Waals surface area contributed by atoms with Crippen LogP contribution in [0.5, 0.6) is 0 Å². The van der Waals surface area contributed by atoms with Gasteiger partial charge < -0.3 is 10.8 Å². The van der Waals surface area contributed by atoms with Crippen molar-refractivity contribution >= 4 is 11.8 Å². The van der Waals surface area contributed by atoms with Crippen molar-refractivity contribution in [3.05, 3.63) is 35.9 Å².